The summed E-state index contributed by atoms with van der Waals surface area (Å²) in [6.45, 7) is 7.19. The third-order valence-corrected chi connectivity index (χ3v) is 4.30. The standard InChI is InChI=1S/C20H24N2O2/c1-18(24-15-6-5-11-21-13-16-23-17-14-21)22-12-7-10-20(22)19-8-3-2-4-9-19/h2-4,7-10,12,18H,11,13-17H2,1H3/p+1/t18-/m1/s1. The number of hydrogen-bond acceptors (Lipinski definition) is 2. The van der Waals surface area contributed by atoms with E-state index in [-0.39, 0.29) is 6.23 Å². The molecule has 1 N–H and O–H groups in total. The van der Waals surface area contributed by atoms with E-state index in [1.807, 2.05) is 6.07 Å². The van der Waals surface area contributed by atoms with Crippen LogP contribution in [0, 0.1) is 11.8 Å². The molecule has 2 aromatic rings. The minimum absolute atomic E-state index is 0.0414. The summed E-state index contributed by atoms with van der Waals surface area (Å²) in [4.78, 5) is 1.50. The van der Waals surface area contributed by atoms with E-state index < -0.39 is 0 Å². The van der Waals surface area contributed by atoms with Crippen molar-refractivity contribution >= 4 is 0 Å². The smallest absolute Gasteiger partial charge is 0.139 e. The molecule has 0 spiro atoms. The van der Waals surface area contributed by atoms with E-state index in [1.54, 1.807) is 0 Å². The van der Waals surface area contributed by atoms with E-state index in [0.717, 1.165) is 38.5 Å². The van der Waals surface area contributed by atoms with E-state index in [1.165, 1.54) is 10.5 Å². The van der Waals surface area contributed by atoms with E-state index in [9.17, 15) is 0 Å². The van der Waals surface area contributed by atoms with Gasteiger partial charge in [0.05, 0.1) is 18.9 Å². The lowest BCUT2D eigenvalue weighted by Crippen LogP contribution is -3.14. The SMILES string of the molecule is C[C@@H](OCC#CC[NH+]1CCOCC1)n1cccc1-c1ccccc1. The number of quaternary nitrogens is 1. The summed E-state index contributed by atoms with van der Waals surface area (Å²) in [6.07, 6.45) is 2.01. The van der Waals surface area contributed by atoms with Gasteiger partial charge in [0.1, 0.15) is 32.5 Å². The summed E-state index contributed by atoms with van der Waals surface area (Å²) in [6, 6.07) is 14.5. The highest BCUT2D eigenvalue weighted by atomic mass is 16.5. The molecule has 4 heteroatoms. The molecule has 1 aliphatic rings. The number of nitrogens with one attached hydrogen (secondary N) is 1. The van der Waals surface area contributed by atoms with Gasteiger partial charge in [-0.15, -0.1) is 0 Å². The molecule has 24 heavy (non-hydrogen) atoms. The molecule has 2 heterocycles. The number of hydrogen-bond donors (Lipinski definition) is 1. The van der Waals surface area contributed by atoms with Gasteiger partial charge in [-0.05, 0) is 30.5 Å². The molecule has 1 saturated heterocycles. The lowest BCUT2D eigenvalue weighted by molar-refractivity contribution is -0.900. The molecule has 0 saturated carbocycles. The zero-order chi connectivity index (χ0) is 16.6. The zero-order valence-corrected chi connectivity index (χ0v) is 14.2. The fraction of sp³-hybridized carbons (Fsp3) is 0.400. The number of aromatic nitrogens is 1. The maximum absolute atomic E-state index is 5.89. The largest absolute Gasteiger partial charge is 0.370 e. The van der Waals surface area contributed by atoms with Crippen LogP contribution in [0.25, 0.3) is 11.3 Å². The number of rotatable bonds is 5. The van der Waals surface area contributed by atoms with Gasteiger partial charge in [-0.1, -0.05) is 36.3 Å². The minimum atomic E-state index is -0.0414. The topological polar surface area (TPSA) is 27.8 Å². The monoisotopic (exact) mass is 325 g/mol. The number of benzene rings is 1. The Morgan fingerprint density at radius 2 is 1.92 bits per heavy atom. The van der Waals surface area contributed by atoms with Gasteiger partial charge in [0, 0.05) is 6.20 Å². The minimum Gasteiger partial charge on any atom is -0.370 e. The van der Waals surface area contributed by atoms with Crippen LogP contribution in [0.3, 0.4) is 0 Å². The lowest BCUT2D eigenvalue weighted by Gasteiger charge is -2.21. The highest BCUT2D eigenvalue weighted by molar-refractivity contribution is 5.59. The van der Waals surface area contributed by atoms with Gasteiger partial charge in [0.15, 0.2) is 0 Å². The Morgan fingerprint density at radius 3 is 2.71 bits per heavy atom. The molecule has 0 radical (unpaired) electrons. The molecule has 4 nitrogen and oxygen atoms in total. The second-order valence-corrected chi connectivity index (χ2v) is 5.97. The summed E-state index contributed by atoms with van der Waals surface area (Å²) in [7, 11) is 0. The predicted octanol–water partition coefficient (Wildman–Crippen LogP) is 1.61. The van der Waals surface area contributed by atoms with Gasteiger partial charge in [0.2, 0.25) is 0 Å². The highest BCUT2D eigenvalue weighted by Gasteiger charge is 2.12. The van der Waals surface area contributed by atoms with Crippen LogP contribution in [0.4, 0.5) is 0 Å². The van der Waals surface area contributed by atoms with Crippen molar-refractivity contribution in [2.45, 2.75) is 13.2 Å². The lowest BCUT2D eigenvalue weighted by atomic mass is 10.1. The number of ether oxygens (including phenoxy) is 2. The Balaban J connectivity index is 1.51. The Hall–Kier alpha value is -2.06. The highest BCUT2D eigenvalue weighted by Crippen LogP contribution is 2.23. The van der Waals surface area contributed by atoms with E-state index in [2.05, 4.69) is 65.9 Å². The quantitative estimate of drug-likeness (QED) is 0.846. The maximum Gasteiger partial charge on any atom is 0.139 e. The molecule has 0 aliphatic carbocycles. The second-order valence-electron chi connectivity index (χ2n) is 5.97. The first-order valence-corrected chi connectivity index (χ1v) is 8.55. The Labute approximate surface area is 144 Å². The van der Waals surface area contributed by atoms with Crippen LogP contribution in [0.15, 0.2) is 48.7 Å². The summed E-state index contributed by atoms with van der Waals surface area (Å²) < 4.78 is 13.4. The van der Waals surface area contributed by atoms with E-state index in [0.29, 0.717) is 6.61 Å². The summed E-state index contributed by atoms with van der Waals surface area (Å²) in [5.41, 5.74) is 2.36. The maximum atomic E-state index is 5.89. The normalized spacial score (nSPS) is 16.4. The third-order valence-electron chi connectivity index (χ3n) is 4.30. The van der Waals surface area contributed by atoms with Crippen LogP contribution >= 0.6 is 0 Å². The molecule has 1 aliphatic heterocycles. The van der Waals surface area contributed by atoms with Crippen molar-refractivity contribution in [3.8, 4) is 23.1 Å². The molecule has 0 unspecified atom stereocenters. The van der Waals surface area contributed by atoms with Crippen molar-refractivity contribution in [2.24, 2.45) is 0 Å². The third kappa shape index (κ3) is 4.48. The molecule has 126 valence electrons. The molecule has 0 amide bonds. The zero-order valence-electron chi connectivity index (χ0n) is 14.2. The van der Waals surface area contributed by atoms with Crippen LogP contribution in [-0.2, 0) is 9.47 Å². The van der Waals surface area contributed by atoms with Crippen molar-refractivity contribution in [1.82, 2.24) is 4.57 Å². The van der Waals surface area contributed by atoms with Gasteiger partial charge >= 0.3 is 0 Å². The summed E-state index contributed by atoms with van der Waals surface area (Å²) >= 11 is 0. The van der Waals surface area contributed by atoms with Gasteiger partial charge in [-0.25, -0.2) is 0 Å². The van der Waals surface area contributed by atoms with Crippen LogP contribution < -0.4 is 4.90 Å². The summed E-state index contributed by atoms with van der Waals surface area (Å²) in [5, 5.41) is 0. The Kier molecular flexibility index (Phi) is 6.08. The van der Waals surface area contributed by atoms with Crippen molar-refractivity contribution in [2.75, 3.05) is 39.5 Å². The number of nitrogens with zero attached hydrogens (tertiary/aromatic N) is 1. The first-order chi connectivity index (χ1) is 11.8. The predicted molar refractivity (Wildman–Crippen MR) is 94.7 cm³/mol. The van der Waals surface area contributed by atoms with Gasteiger partial charge < -0.3 is 18.9 Å². The van der Waals surface area contributed by atoms with Crippen molar-refractivity contribution < 1.29 is 14.4 Å². The Bertz CT molecular complexity index is 678. The van der Waals surface area contributed by atoms with Crippen molar-refractivity contribution in [1.29, 1.82) is 0 Å². The molecule has 0 bridgehead atoms. The van der Waals surface area contributed by atoms with Crippen LogP contribution in [-0.4, -0.2) is 44.0 Å². The van der Waals surface area contributed by atoms with Crippen LogP contribution in [0.5, 0.6) is 0 Å². The molecule has 1 aromatic heterocycles. The van der Waals surface area contributed by atoms with Gasteiger partial charge in [0.25, 0.3) is 0 Å². The average molecular weight is 325 g/mol. The van der Waals surface area contributed by atoms with E-state index in [4.69, 9.17) is 9.47 Å². The molecule has 1 fully saturated rings. The van der Waals surface area contributed by atoms with Crippen LogP contribution in [0.2, 0.25) is 0 Å². The summed E-state index contributed by atoms with van der Waals surface area (Å²) in [5.74, 6) is 6.36. The van der Waals surface area contributed by atoms with Crippen molar-refractivity contribution in [3.63, 3.8) is 0 Å². The number of morpholine rings is 1. The van der Waals surface area contributed by atoms with Gasteiger partial charge in [-0.3, -0.25) is 0 Å². The van der Waals surface area contributed by atoms with Gasteiger partial charge in [-0.2, -0.15) is 0 Å². The van der Waals surface area contributed by atoms with Crippen LogP contribution in [0.1, 0.15) is 13.2 Å². The molecule has 3 rings (SSSR count). The molecular weight excluding hydrogens is 300 g/mol. The average Bonchev–Trinajstić information content (AvgIpc) is 3.13. The van der Waals surface area contributed by atoms with Crippen molar-refractivity contribution in [3.05, 3.63) is 48.7 Å². The first kappa shape index (κ1) is 16.8. The fourth-order valence-electron chi connectivity index (χ4n) is 2.88. The molecule has 1 aromatic carbocycles. The molecule has 1 atom stereocenters. The second kappa shape index (κ2) is 8.70. The fourth-order valence-corrected chi connectivity index (χ4v) is 2.88. The Morgan fingerprint density at radius 1 is 1.12 bits per heavy atom. The molecular formula is C20H25N2O2+. The first-order valence-electron chi connectivity index (χ1n) is 8.55. The van der Waals surface area contributed by atoms with E-state index >= 15 is 0 Å².